The first kappa shape index (κ1) is 34.8. The van der Waals surface area contributed by atoms with Crippen molar-refractivity contribution in [3.05, 3.63) is 131 Å². The maximum Gasteiger partial charge on any atom is 0.416 e. The third-order valence-electron chi connectivity index (χ3n) is 8.09. The van der Waals surface area contributed by atoms with Gasteiger partial charge in [0.05, 0.1) is 5.56 Å². The van der Waals surface area contributed by atoms with Gasteiger partial charge in [0.2, 0.25) is 0 Å². The lowest BCUT2D eigenvalue weighted by Gasteiger charge is -2.33. The van der Waals surface area contributed by atoms with E-state index >= 15 is 0 Å². The number of aliphatic hydroxyl groups is 1. The Labute approximate surface area is 280 Å². The fourth-order valence-electron chi connectivity index (χ4n) is 5.49. The van der Waals surface area contributed by atoms with E-state index in [1.165, 1.54) is 18.2 Å². The van der Waals surface area contributed by atoms with Crippen LogP contribution in [-0.4, -0.2) is 56.5 Å². The van der Waals surface area contributed by atoms with Gasteiger partial charge in [-0.25, -0.2) is 4.79 Å². The molecule has 0 bridgehead atoms. The molecule has 4 aromatic carbocycles. The van der Waals surface area contributed by atoms with E-state index in [1.807, 2.05) is 67.6 Å². The number of aliphatic hydroxyl groups excluding tert-OH is 1. The second-order valence-electron chi connectivity index (χ2n) is 11.5. The number of phenols is 1. The van der Waals surface area contributed by atoms with Gasteiger partial charge < -0.3 is 19.7 Å². The predicted molar refractivity (Wildman–Crippen MR) is 175 cm³/mol. The summed E-state index contributed by atoms with van der Waals surface area (Å²) in [6.07, 6.45) is -3.11. The normalized spacial score (nSPS) is 12.7. The summed E-state index contributed by atoms with van der Waals surface area (Å²) in [7, 11) is 0. The van der Waals surface area contributed by atoms with E-state index in [1.54, 1.807) is 19.1 Å². The fraction of sp³-hybridized carbons (Fsp3) is 0.243. The Morgan fingerprint density at radius 3 is 2.08 bits per heavy atom. The van der Waals surface area contributed by atoms with Crippen LogP contribution in [0.15, 0.2) is 103 Å². The number of nitrogens with zero attached hydrogens (tertiary/aromatic N) is 3. The van der Waals surface area contributed by atoms with E-state index in [9.17, 15) is 33.0 Å². The van der Waals surface area contributed by atoms with E-state index in [2.05, 4.69) is 10.2 Å². The molecular weight excluding hydrogens is 639 g/mol. The lowest BCUT2D eigenvalue weighted by molar-refractivity contribution is -0.150. The van der Waals surface area contributed by atoms with Crippen molar-refractivity contribution < 1.29 is 42.4 Å². The molecule has 0 radical (unpaired) electrons. The molecule has 0 spiro atoms. The van der Waals surface area contributed by atoms with E-state index in [4.69, 9.17) is 9.47 Å². The van der Waals surface area contributed by atoms with Crippen molar-refractivity contribution in [2.75, 3.05) is 13.2 Å². The molecule has 1 heterocycles. The quantitative estimate of drug-likeness (QED) is 0.0880. The number of fused-ring (bicyclic) bond motifs is 1. The summed E-state index contributed by atoms with van der Waals surface area (Å²) < 4.78 is 50.4. The number of aromatic hydroxyl groups is 1. The summed E-state index contributed by atoms with van der Waals surface area (Å²) in [5, 5.41) is 30.7. The van der Waals surface area contributed by atoms with Crippen LogP contribution in [0.3, 0.4) is 0 Å². The predicted octanol–water partition coefficient (Wildman–Crippen LogP) is 6.46. The molecule has 5 rings (SSSR count). The number of esters is 2. The van der Waals surface area contributed by atoms with Crippen molar-refractivity contribution in [2.45, 2.75) is 44.4 Å². The van der Waals surface area contributed by atoms with Crippen LogP contribution in [0.25, 0.3) is 16.7 Å². The number of ether oxygens (including phenoxy) is 2. The highest BCUT2D eigenvalue weighted by atomic mass is 19.4. The average molecular weight is 674 g/mol. The Bertz CT molecular complexity index is 1920. The standard InChI is InChI=1S/C37H34F3N3O6/c1-3-10-33(45)48-22-28(44)23-49-34(46)18-15-24-19-29(36(2,25-11-6-4-7-12-25)26-13-8-5-9-14-26)35(47)32(20-24)43-41-30-17-16-27(37(38,39)40)21-31(30)42-43/h3-14,16-17,19-21,28,44,47H,15,18,22-23H2,1-2H3. The van der Waals surface area contributed by atoms with Gasteiger partial charge in [-0.3, -0.25) is 4.79 Å². The van der Waals surface area contributed by atoms with Crippen molar-refractivity contribution >= 4 is 23.0 Å². The number of alkyl halides is 3. The van der Waals surface area contributed by atoms with Crippen molar-refractivity contribution in [1.29, 1.82) is 0 Å². The van der Waals surface area contributed by atoms with Crippen LogP contribution < -0.4 is 0 Å². The molecular formula is C37H34F3N3O6. The van der Waals surface area contributed by atoms with Crippen LogP contribution in [0.1, 0.15) is 48.1 Å². The van der Waals surface area contributed by atoms with Crippen LogP contribution in [-0.2, 0) is 37.1 Å². The fourth-order valence-corrected chi connectivity index (χ4v) is 5.49. The molecule has 49 heavy (non-hydrogen) atoms. The summed E-state index contributed by atoms with van der Waals surface area (Å²) in [6.45, 7) is 2.85. The number of hydrogen-bond donors (Lipinski definition) is 2. The highest BCUT2D eigenvalue weighted by Gasteiger charge is 2.36. The van der Waals surface area contributed by atoms with Crippen LogP contribution in [0.5, 0.6) is 5.75 Å². The molecule has 0 saturated carbocycles. The van der Waals surface area contributed by atoms with Gasteiger partial charge in [-0.1, -0.05) is 72.8 Å². The zero-order valence-corrected chi connectivity index (χ0v) is 26.7. The minimum Gasteiger partial charge on any atom is -0.505 e. The first-order valence-corrected chi connectivity index (χ1v) is 15.5. The summed E-state index contributed by atoms with van der Waals surface area (Å²) in [5.74, 6) is -1.47. The second kappa shape index (κ2) is 14.7. The molecule has 0 aliphatic heterocycles. The Kier molecular flexibility index (Phi) is 10.5. The van der Waals surface area contributed by atoms with Gasteiger partial charge in [-0.05, 0) is 61.2 Å². The maximum absolute atomic E-state index is 13.4. The van der Waals surface area contributed by atoms with Gasteiger partial charge in [0, 0.05) is 23.5 Å². The van der Waals surface area contributed by atoms with Gasteiger partial charge in [-0.15, -0.1) is 15.0 Å². The van der Waals surface area contributed by atoms with Crippen molar-refractivity contribution in [3.8, 4) is 11.4 Å². The molecule has 1 aromatic heterocycles. The number of benzene rings is 4. The summed E-state index contributed by atoms with van der Waals surface area (Å²) >= 11 is 0. The highest BCUT2D eigenvalue weighted by molar-refractivity contribution is 5.81. The molecule has 0 aliphatic rings. The molecule has 0 aliphatic carbocycles. The van der Waals surface area contributed by atoms with Gasteiger partial charge in [0.15, 0.2) is 0 Å². The number of aryl methyl sites for hydroxylation is 1. The Morgan fingerprint density at radius 1 is 0.857 bits per heavy atom. The van der Waals surface area contributed by atoms with E-state index in [-0.39, 0.29) is 41.9 Å². The minimum absolute atomic E-state index is 0.0198. The Balaban J connectivity index is 1.53. The molecule has 0 fully saturated rings. The van der Waals surface area contributed by atoms with Crippen molar-refractivity contribution in [2.24, 2.45) is 0 Å². The Hall–Kier alpha value is -5.49. The molecule has 9 nitrogen and oxygen atoms in total. The van der Waals surface area contributed by atoms with Crippen molar-refractivity contribution in [1.82, 2.24) is 15.0 Å². The number of halogens is 3. The lowest BCUT2D eigenvalue weighted by Crippen LogP contribution is -2.26. The summed E-state index contributed by atoms with van der Waals surface area (Å²) in [6, 6.07) is 25.3. The zero-order valence-electron chi connectivity index (χ0n) is 26.7. The molecule has 12 heteroatoms. The first-order chi connectivity index (χ1) is 23.4. The number of allylic oxidation sites excluding steroid dienone is 1. The number of rotatable bonds is 12. The smallest absolute Gasteiger partial charge is 0.416 e. The van der Waals surface area contributed by atoms with E-state index < -0.39 is 41.8 Å². The second-order valence-corrected chi connectivity index (χ2v) is 11.5. The zero-order chi connectivity index (χ0) is 35.2. The van der Waals surface area contributed by atoms with Crippen LogP contribution in [0, 0.1) is 0 Å². The molecule has 0 amide bonds. The van der Waals surface area contributed by atoms with E-state index in [0.717, 1.165) is 28.1 Å². The largest absolute Gasteiger partial charge is 0.505 e. The lowest BCUT2D eigenvalue weighted by atomic mass is 9.70. The third kappa shape index (κ3) is 7.98. The third-order valence-corrected chi connectivity index (χ3v) is 8.09. The monoisotopic (exact) mass is 673 g/mol. The van der Waals surface area contributed by atoms with Crippen LogP contribution >= 0.6 is 0 Å². The van der Waals surface area contributed by atoms with Crippen molar-refractivity contribution in [3.63, 3.8) is 0 Å². The summed E-state index contributed by atoms with van der Waals surface area (Å²) in [4.78, 5) is 25.3. The number of carbonyl (C=O) groups is 2. The molecule has 1 atom stereocenters. The average Bonchev–Trinajstić information content (AvgIpc) is 3.53. The van der Waals surface area contributed by atoms with Gasteiger partial charge in [0.25, 0.3) is 0 Å². The highest BCUT2D eigenvalue weighted by Crippen LogP contribution is 2.45. The van der Waals surface area contributed by atoms with Gasteiger partial charge in [-0.2, -0.15) is 13.2 Å². The Morgan fingerprint density at radius 2 is 1.47 bits per heavy atom. The molecule has 0 saturated heterocycles. The first-order valence-electron chi connectivity index (χ1n) is 15.5. The SMILES string of the molecule is CC=CC(=O)OCC(O)COC(=O)CCc1cc(-n2nc3ccc(C(F)(F)F)cc3n2)c(O)c(C(C)(c2ccccc2)c2ccccc2)c1. The summed E-state index contributed by atoms with van der Waals surface area (Å²) in [5.41, 5.74) is 1.15. The van der Waals surface area contributed by atoms with E-state index in [0.29, 0.717) is 11.1 Å². The molecule has 5 aromatic rings. The molecule has 254 valence electrons. The van der Waals surface area contributed by atoms with Crippen LogP contribution in [0.4, 0.5) is 13.2 Å². The van der Waals surface area contributed by atoms with Gasteiger partial charge in [0.1, 0.15) is 41.8 Å². The number of hydrogen-bond acceptors (Lipinski definition) is 8. The minimum atomic E-state index is -4.58. The van der Waals surface area contributed by atoms with Gasteiger partial charge >= 0.3 is 18.1 Å². The number of carbonyl (C=O) groups excluding carboxylic acids is 2. The van der Waals surface area contributed by atoms with Crippen LogP contribution in [0.2, 0.25) is 0 Å². The maximum atomic E-state index is 13.4. The topological polar surface area (TPSA) is 124 Å². The molecule has 2 N–H and O–H groups in total. The number of phenolic OH excluding ortho intramolecular Hbond substituents is 1. The number of aromatic nitrogens is 3. The molecule has 1 unspecified atom stereocenters.